The second kappa shape index (κ2) is 13.1. The average molecular weight is 635 g/mol. The van der Waals surface area contributed by atoms with Crippen molar-refractivity contribution in [2.24, 2.45) is 0 Å². The van der Waals surface area contributed by atoms with Gasteiger partial charge in [0.25, 0.3) is 0 Å². The monoisotopic (exact) mass is 634 g/mol. The van der Waals surface area contributed by atoms with Crippen LogP contribution in [-0.4, -0.2) is 68.1 Å². The molecule has 45 heavy (non-hydrogen) atoms. The lowest BCUT2D eigenvalue weighted by atomic mass is 10.0. The number of piperazine rings is 1. The molecule has 0 spiro atoms. The minimum atomic E-state index is -4.23. The Hall–Kier alpha value is -4.71. The first-order valence-corrected chi connectivity index (χ1v) is 15.9. The Morgan fingerprint density at radius 3 is 2.27 bits per heavy atom. The summed E-state index contributed by atoms with van der Waals surface area (Å²) in [4.78, 5) is 34.2. The normalized spacial score (nSPS) is 14.6. The quantitative estimate of drug-likeness (QED) is 0.271. The molecule has 2 amide bonds. The zero-order chi connectivity index (χ0) is 32.2. The third-order valence-electron chi connectivity index (χ3n) is 7.22. The van der Waals surface area contributed by atoms with Crippen LogP contribution in [0.25, 0.3) is 10.8 Å². The fraction of sp³-hybridized carbons (Fsp3) is 0.303. The van der Waals surface area contributed by atoms with Gasteiger partial charge in [-0.1, -0.05) is 36.4 Å². The molecule has 0 saturated carbocycles. The highest BCUT2D eigenvalue weighted by Gasteiger charge is 2.31. The molecule has 1 aromatic heterocycles. The molecule has 0 bridgehead atoms. The summed E-state index contributed by atoms with van der Waals surface area (Å²) in [6.07, 6.45) is 0.826. The summed E-state index contributed by atoms with van der Waals surface area (Å²) in [5.74, 6) is -0.510. The number of nitrogens with one attached hydrogen (secondary N) is 1. The number of benzene rings is 3. The first-order chi connectivity index (χ1) is 21.4. The van der Waals surface area contributed by atoms with E-state index >= 15 is 0 Å². The van der Waals surface area contributed by atoms with Crippen LogP contribution in [0.15, 0.2) is 90.1 Å². The second-order valence-corrected chi connectivity index (χ2v) is 13.2. The second-order valence-electron chi connectivity index (χ2n) is 11.7. The number of halogens is 1. The van der Waals surface area contributed by atoms with Crippen molar-refractivity contribution in [3.63, 3.8) is 0 Å². The molecule has 0 aliphatic carbocycles. The molecule has 1 aliphatic rings. The van der Waals surface area contributed by atoms with E-state index in [1.165, 1.54) is 30.5 Å². The summed E-state index contributed by atoms with van der Waals surface area (Å²) in [6.45, 7) is 7.12. The molecule has 236 valence electrons. The number of rotatable bonds is 8. The number of alkyl carbamates (subject to hydrolysis) is 1. The summed E-state index contributed by atoms with van der Waals surface area (Å²) < 4.78 is 50.4. The van der Waals surface area contributed by atoms with Crippen LogP contribution >= 0.6 is 0 Å². The van der Waals surface area contributed by atoms with E-state index in [1.54, 1.807) is 74.2 Å². The lowest BCUT2D eigenvalue weighted by Gasteiger charge is -2.37. The van der Waals surface area contributed by atoms with Crippen molar-refractivity contribution >= 4 is 38.6 Å². The molecule has 1 atom stereocenters. The number of hydrogen-bond donors (Lipinski definition) is 1. The Balaban J connectivity index is 1.28. The third-order valence-corrected chi connectivity index (χ3v) is 8.43. The van der Waals surface area contributed by atoms with E-state index in [2.05, 4.69) is 15.2 Å². The topological polar surface area (TPSA) is 118 Å². The number of aromatic nitrogens is 1. The van der Waals surface area contributed by atoms with Gasteiger partial charge in [-0.25, -0.2) is 14.2 Å². The van der Waals surface area contributed by atoms with Crippen LogP contribution in [0.4, 0.5) is 14.9 Å². The Morgan fingerprint density at radius 1 is 0.933 bits per heavy atom. The molecule has 1 saturated heterocycles. The fourth-order valence-corrected chi connectivity index (χ4v) is 6.17. The van der Waals surface area contributed by atoms with E-state index in [0.717, 1.165) is 11.1 Å². The molecule has 1 aliphatic heterocycles. The molecular formula is C33H35FN4O6S. The van der Waals surface area contributed by atoms with Gasteiger partial charge in [-0.3, -0.25) is 4.79 Å². The standard InChI is InChI=1S/C33H35FN4O6S/c1-33(2,3)43-32(40)36-29(31(39)38-20-18-37(19-21-38)26-12-10-25(34)11-13-26)22-23-8-14-27(15-9-23)44-45(41,42)30-28-7-5-4-6-24(28)16-17-35-30/h4-17,29H,18-22H2,1-3H3,(H,36,40)/t29-/m0/s1. The Kier molecular flexibility index (Phi) is 9.24. The predicted octanol–water partition coefficient (Wildman–Crippen LogP) is 4.93. The van der Waals surface area contributed by atoms with Gasteiger partial charge < -0.3 is 24.0 Å². The third kappa shape index (κ3) is 8.07. The predicted molar refractivity (Wildman–Crippen MR) is 168 cm³/mol. The van der Waals surface area contributed by atoms with E-state index in [1.807, 2.05) is 6.07 Å². The molecule has 5 rings (SSSR count). The van der Waals surface area contributed by atoms with Gasteiger partial charge in [-0.15, -0.1) is 0 Å². The number of pyridine rings is 1. The maximum absolute atomic E-state index is 13.7. The maximum atomic E-state index is 13.7. The van der Waals surface area contributed by atoms with Gasteiger partial charge in [-0.2, -0.15) is 8.42 Å². The number of carbonyl (C=O) groups is 2. The molecule has 3 aromatic carbocycles. The maximum Gasteiger partial charge on any atom is 0.408 e. The van der Waals surface area contributed by atoms with Gasteiger partial charge in [0.15, 0.2) is 0 Å². The van der Waals surface area contributed by atoms with Gasteiger partial charge in [0.05, 0.1) is 0 Å². The first-order valence-electron chi connectivity index (χ1n) is 14.5. The molecule has 1 N–H and O–H groups in total. The van der Waals surface area contributed by atoms with Crippen LogP contribution in [0.1, 0.15) is 26.3 Å². The summed E-state index contributed by atoms with van der Waals surface area (Å²) >= 11 is 0. The number of ether oxygens (including phenoxy) is 1. The molecular weight excluding hydrogens is 599 g/mol. The molecule has 12 heteroatoms. The number of hydrogen-bond acceptors (Lipinski definition) is 8. The Labute approximate surface area is 261 Å². The molecule has 10 nitrogen and oxygen atoms in total. The summed E-state index contributed by atoms with van der Waals surface area (Å²) in [7, 11) is -4.23. The minimum Gasteiger partial charge on any atom is -0.444 e. The van der Waals surface area contributed by atoms with Crippen molar-refractivity contribution in [1.82, 2.24) is 15.2 Å². The van der Waals surface area contributed by atoms with Crippen molar-refractivity contribution in [2.75, 3.05) is 31.1 Å². The number of fused-ring (bicyclic) bond motifs is 1. The van der Waals surface area contributed by atoms with Crippen LogP contribution in [0.5, 0.6) is 5.75 Å². The summed E-state index contributed by atoms with van der Waals surface area (Å²) in [5, 5.41) is 3.70. The number of amides is 2. The summed E-state index contributed by atoms with van der Waals surface area (Å²) in [5.41, 5.74) is 0.775. The van der Waals surface area contributed by atoms with Gasteiger partial charge in [0.1, 0.15) is 23.2 Å². The van der Waals surface area contributed by atoms with Crippen LogP contribution in [0, 0.1) is 5.82 Å². The zero-order valence-corrected chi connectivity index (χ0v) is 26.1. The van der Waals surface area contributed by atoms with E-state index in [9.17, 15) is 22.4 Å². The smallest absolute Gasteiger partial charge is 0.408 e. The van der Waals surface area contributed by atoms with Crippen molar-refractivity contribution in [3.8, 4) is 5.75 Å². The van der Waals surface area contributed by atoms with Gasteiger partial charge in [-0.05, 0) is 74.2 Å². The number of anilines is 1. The number of carbonyl (C=O) groups excluding carboxylic acids is 2. The molecule has 0 radical (unpaired) electrons. The van der Waals surface area contributed by atoms with Gasteiger partial charge in [0, 0.05) is 49.9 Å². The lowest BCUT2D eigenvalue weighted by Crippen LogP contribution is -2.56. The summed E-state index contributed by atoms with van der Waals surface area (Å²) in [6, 6.07) is 20.3. The van der Waals surface area contributed by atoms with E-state index < -0.39 is 27.9 Å². The van der Waals surface area contributed by atoms with Crippen molar-refractivity contribution in [1.29, 1.82) is 0 Å². The highest BCUT2D eigenvalue weighted by molar-refractivity contribution is 7.87. The van der Waals surface area contributed by atoms with Gasteiger partial charge >= 0.3 is 16.2 Å². The molecule has 1 fully saturated rings. The average Bonchev–Trinajstić information content (AvgIpc) is 3.00. The first kappa shape index (κ1) is 31.7. The van der Waals surface area contributed by atoms with Crippen LogP contribution < -0.4 is 14.4 Å². The Bertz CT molecular complexity index is 1760. The van der Waals surface area contributed by atoms with Crippen molar-refractivity contribution in [2.45, 2.75) is 43.9 Å². The van der Waals surface area contributed by atoms with Crippen LogP contribution in [0.2, 0.25) is 0 Å². The highest BCUT2D eigenvalue weighted by Crippen LogP contribution is 2.25. The van der Waals surface area contributed by atoms with Crippen molar-refractivity contribution < 1.29 is 31.3 Å². The van der Waals surface area contributed by atoms with Gasteiger partial charge in [0.2, 0.25) is 10.9 Å². The fourth-order valence-electron chi connectivity index (χ4n) is 5.08. The molecule has 0 unspecified atom stereocenters. The lowest BCUT2D eigenvalue weighted by molar-refractivity contribution is -0.133. The molecule has 4 aromatic rings. The molecule has 2 heterocycles. The van der Waals surface area contributed by atoms with Crippen LogP contribution in [-0.2, 0) is 26.1 Å². The van der Waals surface area contributed by atoms with E-state index in [0.29, 0.717) is 37.1 Å². The SMILES string of the molecule is CC(C)(C)OC(=O)N[C@@H](Cc1ccc(OS(=O)(=O)c2nccc3ccccc23)cc1)C(=O)N1CCN(c2ccc(F)cc2)CC1. The van der Waals surface area contributed by atoms with E-state index in [4.69, 9.17) is 8.92 Å². The van der Waals surface area contributed by atoms with Crippen LogP contribution in [0.3, 0.4) is 0 Å². The minimum absolute atomic E-state index is 0.0772. The largest absolute Gasteiger partial charge is 0.444 e. The van der Waals surface area contributed by atoms with Crippen molar-refractivity contribution in [3.05, 3.63) is 96.4 Å². The number of nitrogens with zero attached hydrogens (tertiary/aromatic N) is 3. The zero-order valence-electron chi connectivity index (χ0n) is 25.3. The van der Waals surface area contributed by atoms with E-state index in [-0.39, 0.29) is 28.9 Å². The Morgan fingerprint density at radius 2 is 1.60 bits per heavy atom. The highest BCUT2D eigenvalue weighted by atomic mass is 32.2.